The Labute approximate surface area is 456 Å². The van der Waals surface area contributed by atoms with Gasteiger partial charge in [0, 0.05) is 12.8 Å². The highest BCUT2D eigenvalue weighted by atomic mass is 16.5. The minimum absolute atomic E-state index is 0.0148. The number of rotatable bonds is 62. The van der Waals surface area contributed by atoms with Crippen LogP contribution in [-0.4, -0.2) is 47.4 Å². The number of hydrogen-bond donors (Lipinski definition) is 3. The highest BCUT2D eigenvalue weighted by Gasteiger charge is 2.18. The van der Waals surface area contributed by atoms with Gasteiger partial charge in [-0.25, -0.2) is 0 Å². The molecule has 0 spiro atoms. The van der Waals surface area contributed by atoms with E-state index in [1.165, 1.54) is 295 Å². The van der Waals surface area contributed by atoms with E-state index in [0.717, 1.165) is 44.9 Å². The second-order valence-corrected chi connectivity index (χ2v) is 22.8. The highest BCUT2D eigenvalue weighted by Crippen LogP contribution is 2.18. The molecule has 3 N–H and O–H groups in total. The Morgan fingerprint density at radius 3 is 0.973 bits per heavy atom. The normalized spacial score (nSPS) is 12.7. The number of hydrogen-bond acceptors (Lipinski definition) is 5. The van der Waals surface area contributed by atoms with Crippen LogP contribution in [-0.2, 0) is 14.3 Å². The molecule has 0 fully saturated rings. The molecule has 1 amide bonds. The lowest BCUT2D eigenvalue weighted by molar-refractivity contribution is -0.143. The van der Waals surface area contributed by atoms with Gasteiger partial charge in [0.2, 0.25) is 5.91 Å². The van der Waals surface area contributed by atoms with Gasteiger partial charge in [-0.05, 0) is 57.8 Å². The average Bonchev–Trinajstić information content (AvgIpc) is 3.39. The minimum atomic E-state index is -0.841. The summed E-state index contributed by atoms with van der Waals surface area (Å²) in [5.74, 6) is -0.0498. The Kier molecular flexibility index (Phi) is 61.4. The second-order valence-electron chi connectivity index (χ2n) is 22.8. The van der Waals surface area contributed by atoms with Crippen LogP contribution in [0.2, 0.25) is 0 Å². The van der Waals surface area contributed by atoms with Crippen LogP contribution in [0.15, 0.2) is 24.3 Å². The lowest BCUT2D eigenvalue weighted by Crippen LogP contribution is -2.45. The third-order valence-corrected chi connectivity index (χ3v) is 15.5. The van der Waals surface area contributed by atoms with Crippen molar-refractivity contribution in [2.24, 2.45) is 0 Å². The predicted octanol–water partition coefficient (Wildman–Crippen LogP) is 21.0. The first-order valence-electron chi connectivity index (χ1n) is 33.1. The number of aliphatic hydroxyl groups excluding tert-OH is 2. The van der Waals surface area contributed by atoms with E-state index >= 15 is 0 Å². The summed E-state index contributed by atoms with van der Waals surface area (Å²) in [4.78, 5) is 24.5. The summed E-state index contributed by atoms with van der Waals surface area (Å²) in [6.45, 7) is 4.91. The average molecular weight is 1030 g/mol. The standard InChI is InChI=1S/C67H129NO5/c1-3-5-7-9-11-13-15-17-18-30-34-37-41-45-49-53-57-61-67(72)73-62-58-54-50-46-42-38-35-32-29-27-25-23-21-19-20-22-24-26-28-31-33-36-40-44-48-52-56-60-66(71)68-64(63-69)65(70)59-55-51-47-43-39-16-14-12-10-8-6-4-2/h17-18,55,59,64-65,69-70H,3-16,19-54,56-58,60-63H2,1-2H3,(H,68,71)/b18-17-,59-55+. The van der Waals surface area contributed by atoms with Gasteiger partial charge in [0.15, 0.2) is 0 Å². The van der Waals surface area contributed by atoms with E-state index in [1.807, 2.05) is 6.08 Å². The maximum absolute atomic E-state index is 12.4. The summed E-state index contributed by atoms with van der Waals surface area (Å²) >= 11 is 0. The highest BCUT2D eigenvalue weighted by molar-refractivity contribution is 5.76. The largest absolute Gasteiger partial charge is 0.466 e. The van der Waals surface area contributed by atoms with E-state index in [2.05, 4.69) is 31.3 Å². The minimum Gasteiger partial charge on any atom is -0.466 e. The van der Waals surface area contributed by atoms with Crippen LogP contribution in [0.4, 0.5) is 0 Å². The van der Waals surface area contributed by atoms with Gasteiger partial charge in [0.1, 0.15) is 0 Å². The molecule has 73 heavy (non-hydrogen) atoms. The Balaban J connectivity index is 3.34. The summed E-state index contributed by atoms with van der Waals surface area (Å²) in [6, 6.07) is -0.624. The molecule has 0 aromatic rings. The quantitative estimate of drug-likeness (QED) is 0.0320. The first kappa shape index (κ1) is 71.3. The number of allylic oxidation sites excluding steroid dienone is 3. The van der Waals surface area contributed by atoms with Crippen molar-refractivity contribution in [1.82, 2.24) is 5.32 Å². The first-order chi connectivity index (χ1) is 36.0. The van der Waals surface area contributed by atoms with E-state index in [1.54, 1.807) is 6.08 Å². The summed E-state index contributed by atoms with van der Waals surface area (Å²) in [5, 5.41) is 23.1. The zero-order valence-electron chi connectivity index (χ0n) is 49.4. The topological polar surface area (TPSA) is 95.9 Å². The molecule has 6 heteroatoms. The summed E-state index contributed by atoms with van der Waals surface area (Å²) in [5.41, 5.74) is 0. The fourth-order valence-corrected chi connectivity index (χ4v) is 10.4. The number of nitrogens with one attached hydrogen (secondary N) is 1. The summed E-state index contributed by atoms with van der Waals surface area (Å²) in [6.07, 6.45) is 78.2. The van der Waals surface area contributed by atoms with Crippen LogP contribution in [0.3, 0.4) is 0 Å². The molecule has 0 radical (unpaired) electrons. The van der Waals surface area contributed by atoms with Crippen LogP contribution in [0.25, 0.3) is 0 Å². The SMILES string of the molecule is CCCCCCCC/C=C\CCCCCCCCCC(=O)OCCCCCCCCCCCCCCCCCCCCCCCCCCCCCC(=O)NC(CO)C(O)/C=C/CCCCCCCCCCCC. The van der Waals surface area contributed by atoms with Gasteiger partial charge in [-0.3, -0.25) is 9.59 Å². The molecule has 2 unspecified atom stereocenters. The van der Waals surface area contributed by atoms with Gasteiger partial charge in [0.05, 0.1) is 25.4 Å². The van der Waals surface area contributed by atoms with Crippen molar-refractivity contribution in [1.29, 1.82) is 0 Å². The van der Waals surface area contributed by atoms with Crippen LogP contribution in [0.1, 0.15) is 367 Å². The molecule has 0 saturated heterocycles. The number of carbonyl (C=O) groups excluding carboxylic acids is 2. The van der Waals surface area contributed by atoms with Crippen molar-refractivity contribution in [3.63, 3.8) is 0 Å². The second kappa shape index (κ2) is 62.9. The zero-order valence-corrected chi connectivity index (χ0v) is 49.4. The monoisotopic (exact) mass is 1030 g/mol. The first-order valence-corrected chi connectivity index (χ1v) is 33.1. The maximum Gasteiger partial charge on any atom is 0.305 e. The van der Waals surface area contributed by atoms with Gasteiger partial charge >= 0.3 is 5.97 Å². The van der Waals surface area contributed by atoms with Crippen molar-refractivity contribution < 1.29 is 24.5 Å². The Morgan fingerprint density at radius 1 is 0.370 bits per heavy atom. The zero-order chi connectivity index (χ0) is 52.9. The molecule has 2 atom stereocenters. The number of aliphatic hydroxyl groups is 2. The van der Waals surface area contributed by atoms with Crippen LogP contribution in [0, 0.1) is 0 Å². The van der Waals surface area contributed by atoms with Crippen LogP contribution >= 0.6 is 0 Å². The molecule has 0 heterocycles. The fourth-order valence-electron chi connectivity index (χ4n) is 10.4. The van der Waals surface area contributed by atoms with Crippen molar-refractivity contribution >= 4 is 11.9 Å². The molecule has 0 aromatic carbocycles. The summed E-state index contributed by atoms with van der Waals surface area (Å²) < 4.78 is 5.50. The van der Waals surface area contributed by atoms with Crippen molar-refractivity contribution in [2.45, 2.75) is 379 Å². The smallest absolute Gasteiger partial charge is 0.305 e. The van der Waals surface area contributed by atoms with Crippen LogP contribution < -0.4 is 5.32 Å². The molecule has 0 aromatic heterocycles. The Morgan fingerprint density at radius 2 is 0.644 bits per heavy atom. The van der Waals surface area contributed by atoms with Gasteiger partial charge < -0.3 is 20.3 Å². The van der Waals surface area contributed by atoms with E-state index in [0.29, 0.717) is 19.4 Å². The number of unbranched alkanes of at least 4 members (excludes halogenated alkanes) is 49. The number of ether oxygens (including phenoxy) is 1. The molecule has 6 nitrogen and oxygen atoms in total. The van der Waals surface area contributed by atoms with Gasteiger partial charge in [0.25, 0.3) is 0 Å². The van der Waals surface area contributed by atoms with E-state index in [4.69, 9.17) is 4.74 Å². The lowest BCUT2D eigenvalue weighted by atomic mass is 10.0. The number of carbonyl (C=O) groups is 2. The van der Waals surface area contributed by atoms with Gasteiger partial charge in [-0.15, -0.1) is 0 Å². The fraction of sp³-hybridized carbons (Fsp3) is 0.910. The molecular weight excluding hydrogens is 899 g/mol. The molecule has 0 saturated carbocycles. The number of amides is 1. The van der Waals surface area contributed by atoms with Crippen molar-refractivity contribution in [3.8, 4) is 0 Å². The van der Waals surface area contributed by atoms with Gasteiger partial charge in [-0.2, -0.15) is 0 Å². The van der Waals surface area contributed by atoms with Crippen molar-refractivity contribution in [2.75, 3.05) is 13.2 Å². The molecule has 0 aliphatic heterocycles. The number of esters is 1. The summed E-state index contributed by atoms with van der Waals surface area (Å²) in [7, 11) is 0. The third-order valence-electron chi connectivity index (χ3n) is 15.5. The van der Waals surface area contributed by atoms with Crippen molar-refractivity contribution in [3.05, 3.63) is 24.3 Å². The predicted molar refractivity (Wildman–Crippen MR) is 320 cm³/mol. The molecule has 0 bridgehead atoms. The third kappa shape index (κ3) is 59.4. The maximum atomic E-state index is 12.4. The molecular formula is C67H129NO5. The molecule has 0 rings (SSSR count). The Hall–Kier alpha value is -1.66. The van der Waals surface area contributed by atoms with E-state index in [-0.39, 0.29) is 18.5 Å². The molecule has 432 valence electrons. The van der Waals surface area contributed by atoms with E-state index < -0.39 is 12.1 Å². The molecule has 0 aliphatic carbocycles. The van der Waals surface area contributed by atoms with E-state index in [9.17, 15) is 19.8 Å². The Bertz CT molecular complexity index is 1140. The van der Waals surface area contributed by atoms with Crippen LogP contribution in [0.5, 0.6) is 0 Å². The van der Waals surface area contributed by atoms with Gasteiger partial charge in [-0.1, -0.05) is 321 Å². The lowest BCUT2D eigenvalue weighted by Gasteiger charge is -2.20. The molecule has 0 aliphatic rings.